The summed E-state index contributed by atoms with van der Waals surface area (Å²) in [6, 6.07) is 0. The van der Waals surface area contributed by atoms with E-state index in [9.17, 15) is 5.11 Å². The molecule has 0 fully saturated rings. The van der Waals surface area contributed by atoms with E-state index in [0.29, 0.717) is 0 Å². The quantitative estimate of drug-likeness (QED) is 0.560. The van der Waals surface area contributed by atoms with Gasteiger partial charge in [0.2, 0.25) is 0 Å². The molecule has 0 saturated heterocycles. The molecule has 2 nitrogen and oxygen atoms in total. The molecule has 0 N–H and O–H groups in total. The van der Waals surface area contributed by atoms with Crippen LogP contribution in [0.3, 0.4) is 0 Å². The van der Waals surface area contributed by atoms with Gasteiger partial charge in [0.1, 0.15) is 6.61 Å². The van der Waals surface area contributed by atoms with Crippen molar-refractivity contribution in [2.45, 2.75) is 39.4 Å². The normalized spacial score (nSPS) is 15.7. The molecular weight excluding hydrogens is 116 g/mol. The zero-order valence-corrected chi connectivity index (χ0v) is 6.60. The Bertz CT molecular complexity index is 73.5. The van der Waals surface area contributed by atoms with Crippen molar-refractivity contribution in [3.63, 3.8) is 0 Å². The van der Waals surface area contributed by atoms with Crippen molar-refractivity contribution < 1.29 is 9.84 Å². The Morgan fingerprint density at radius 1 is 1.44 bits per heavy atom. The molecule has 9 heavy (non-hydrogen) atoms. The molecule has 0 aromatic heterocycles. The van der Waals surface area contributed by atoms with Gasteiger partial charge >= 0.3 is 0 Å². The van der Waals surface area contributed by atoms with Crippen LogP contribution in [-0.4, -0.2) is 18.3 Å². The van der Waals surface area contributed by atoms with Gasteiger partial charge in [-0.05, 0) is 27.7 Å². The monoisotopic (exact) mass is 131 g/mol. The van der Waals surface area contributed by atoms with Crippen LogP contribution in [0.2, 0.25) is 0 Å². The van der Waals surface area contributed by atoms with Gasteiger partial charge in [-0.3, -0.25) is 0 Å². The molecular formula is C7H15O2. The summed E-state index contributed by atoms with van der Waals surface area (Å²) in [5.74, 6) is 0. The molecule has 0 amide bonds. The standard InChI is InChI=1S/C7H15O2/c1-6(5-8)9-7(2,3)4/h6H,5H2,1-4H3. The molecule has 0 spiro atoms. The summed E-state index contributed by atoms with van der Waals surface area (Å²) in [5, 5.41) is 10.2. The number of hydrogen-bond donors (Lipinski definition) is 0. The van der Waals surface area contributed by atoms with Crippen molar-refractivity contribution in [2.24, 2.45) is 0 Å². The lowest BCUT2D eigenvalue weighted by Gasteiger charge is -2.22. The maximum atomic E-state index is 10.2. The predicted molar refractivity (Wildman–Crippen MR) is 35.9 cm³/mol. The number of hydrogen-bond acceptors (Lipinski definition) is 1. The van der Waals surface area contributed by atoms with Gasteiger partial charge < -0.3 is 4.74 Å². The highest BCUT2D eigenvalue weighted by Gasteiger charge is 2.13. The molecule has 55 valence electrons. The van der Waals surface area contributed by atoms with Crippen molar-refractivity contribution in [3.05, 3.63) is 0 Å². The lowest BCUT2D eigenvalue weighted by molar-refractivity contribution is -0.0818. The van der Waals surface area contributed by atoms with Crippen LogP contribution < -0.4 is 0 Å². The molecule has 2 heteroatoms. The Labute approximate surface area is 56.8 Å². The molecule has 0 aliphatic rings. The molecule has 1 unspecified atom stereocenters. The van der Waals surface area contributed by atoms with E-state index in [4.69, 9.17) is 4.74 Å². The third-order valence-corrected chi connectivity index (χ3v) is 0.789. The lowest BCUT2D eigenvalue weighted by atomic mass is 10.2. The highest BCUT2D eigenvalue weighted by atomic mass is 16.5. The van der Waals surface area contributed by atoms with Crippen LogP contribution in [0.25, 0.3) is 0 Å². The van der Waals surface area contributed by atoms with Crippen molar-refractivity contribution in [3.8, 4) is 0 Å². The Morgan fingerprint density at radius 2 is 1.89 bits per heavy atom. The third-order valence-electron chi connectivity index (χ3n) is 0.789. The Balaban J connectivity index is 3.47. The van der Waals surface area contributed by atoms with Gasteiger partial charge in [0.25, 0.3) is 0 Å². The minimum atomic E-state index is -0.177. The number of rotatable bonds is 2. The predicted octanol–water partition coefficient (Wildman–Crippen LogP) is 1.62. The summed E-state index contributed by atoms with van der Waals surface area (Å²) in [4.78, 5) is 0. The second kappa shape index (κ2) is 3.18. The molecule has 0 aliphatic heterocycles. The SMILES string of the molecule is CC(C[O])OC(C)(C)C. The smallest absolute Gasteiger partial charge is 0.108 e. The van der Waals surface area contributed by atoms with Gasteiger partial charge in [-0.25, -0.2) is 5.11 Å². The van der Waals surface area contributed by atoms with Crippen LogP contribution in [0, 0.1) is 0 Å². The van der Waals surface area contributed by atoms with E-state index in [-0.39, 0.29) is 18.3 Å². The molecule has 1 atom stereocenters. The van der Waals surface area contributed by atoms with Gasteiger partial charge in [0, 0.05) is 0 Å². The zero-order valence-electron chi connectivity index (χ0n) is 6.60. The Kier molecular flexibility index (Phi) is 3.15. The summed E-state index contributed by atoms with van der Waals surface area (Å²) in [6.45, 7) is 7.47. The molecule has 0 bridgehead atoms. The summed E-state index contributed by atoms with van der Waals surface area (Å²) < 4.78 is 5.27. The maximum absolute atomic E-state index is 10.2. The first-order valence-electron chi connectivity index (χ1n) is 3.21. The van der Waals surface area contributed by atoms with Crippen molar-refractivity contribution >= 4 is 0 Å². The van der Waals surface area contributed by atoms with Crippen LogP contribution in [0.4, 0.5) is 0 Å². The molecule has 1 radical (unpaired) electrons. The van der Waals surface area contributed by atoms with Crippen LogP contribution in [0.15, 0.2) is 0 Å². The fourth-order valence-electron chi connectivity index (χ4n) is 0.638. The Morgan fingerprint density at radius 3 is 2.00 bits per heavy atom. The van der Waals surface area contributed by atoms with E-state index in [1.165, 1.54) is 0 Å². The molecule has 0 aromatic rings. The van der Waals surface area contributed by atoms with E-state index < -0.39 is 0 Å². The minimum absolute atomic E-state index is 0.155. The van der Waals surface area contributed by atoms with Crippen LogP contribution in [-0.2, 0) is 9.84 Å². The van der Waals surface area contributed by atoms with E-state index in [0.717, 1.165) is 0 Å². The third kappa shape index (κ3) is 5.80. The first-order chi connectivity index (χ1) is 3.95. The van der Waals surface area contributed by atoms with Crippen molar-refractivity contribution in [2.75, 3.05) is 6.61 Å². The second-order valence-corrected chi connectivity index (χ2v) is 3.21. The fourth-order valence-corrected chi connectivity index (χ4v) is 0.638. The van der Waals surface area contributed by atoms with Crippen LogP contribution in [0.1, 0.15) is 27.7 Å². The van der Waals surface area contributed by atoms with Crippen LogP contribution in [0.5, 0.6) is 0 Å². The molecule has 0 rings (SSSR count). The summed E-state index contributed by atoms with van der Waals surface area (Å²) in [5.41, 5.74) is -0.177. The van der Waals surface area contributed by atoms with E-state index in [2.05, 4.69) is 0 Å². The second-order valence-electron chi connectivity index (χ2n) is 3.21. The minimum Gasteiger partial charge on any atom is -0.370 e. The largest absolute Gasteiger partial charge is 0.370 e. The molecule has 0 aromatic carbocycles. The average Bonchev–Trinajstić information content (AvgIpc) is 1.62. The Hall–Kier alpha value is -0.0800. The highest BCUT2D eigenvalue weighted by molar-refractivity contribution is 4.61. The van der Waals surface area contributed by atoms with Crippen molar-refractivity contribution in [1.82, 2.24) is 0 Å². The number of ether oxygens (including phenoxy) is 1. The van der Waals surface area contributed by atoms with Gasteiger partial charge in [0.15, 0.2) is 0 Å². The fraction of sp³-hybridized carbons (Fsp3) is 1.00. The first-order valence-corrected chi connectivity index (χ1v) is 3.21. The van der Waals surface area contributed by atoms with E-state index in [1.807, 2.05) is 20.8 Å². The lowest BCUT2D eigenvalue weighted by Crippen LogP contribution is -2.27. The average molecular weight is 131 g/mol. The first kappa shape index (κ1) is 8.92. The van der Waals surface area contributed by atoms with Gasteiger partial charge in [-0.2, -0.15) is 0 Å². The van der Waals surface area contributed by atoms with Crippen LogP contribution >= 0.6 is 0 Å². The highest BCUT2D eigenvalue weighted by Crippen LogP contribution is 2.09. The van der Waals surface area contributed by atoms with E-state index >= 15 is 0 Å². The summed E-state index contributed by atoms with van der Waals surface area (Å²) in [7, 11) is 0. The van der Waals surface area contributed by atoms with Gasteiger partial charge in [0.05, 0.1) is 11.7 Å². The van der Waals surface area contributed by atoms with Gasteiger partial charge in [-0.15, -0.1) is 0 Å². The zero-order chi connectivity index (χ0) is 7.49. The molecule has 0 heterocycles. The van der Waals surface area contributed by atoms with E-state index in [1.54, 1.807) is 6.92 Å². The summed E-state index contributed by atoms with van der Waals surface area (Å²) in [6.07, 6.45) is -0.162. The molecule has 0 aliphatic carbocycles. The summed E-state index contributed by atoms with van der Waals surface area (Å²) >= 11 is 0. The molecule has 0 saturated carbocycles. The van der Waals surface area contributed by atoms with Crippen molar-refractivity contribution in [1.29, 1.82) is 0 Å². The maximum Gasteiger partial charge on any atom is 0.108 e. The topological polar surface area (TPSA) is 29.1 Å². The van der Waals surface area contributed by atoms with Gasteiger partial charge in [-0.1, -0.05) is 0 Å².